The molecule has 32 valence electrons. The molecule has 0 aromatic rings. The summed E-state index contributed by atoms with van der Waals surface area (Å²) in [4.78, 5) is 0. The van der Waals surface area contributed by atoms with Crippen LogP contribution in [-0.4, -0.2) is 31.1 Å². The van der Waals surface area contributed by atoms with Gasteiger partial charge in [0.15, 0.2) is 3.84 Å². The van der Waals surface area contributed by atoms with Gasteiger partial charge in [0.25, 0.3) is 0 Å². The summed E-state index contributed by atoms with van der Waals surface area (Å²) in [7, 11) is 0. The third kappa shape index (κ3) is 27.1. The molecule has 0 aliphatic rings. The summed E-state index contributed by atoms with van der Waals surface area (Å²) in [5, 5.41) is 6.26. The third-order valence-electron chi connectivity index (χ3n) is 0. The molecular weight excluding hydrogens is 507 g/mol. The van der Waals surface area contributed by atoms with Crippen LogP contribution in [0.4, 0.5) is 0 Å². The van der Waals surface area contributed by atoms with E-state index in [9.17, 15) is 0 Å². The fraction of sp³-hybridized carbons (Fsp3) is 0. The van der Waals surface area contributed by atoms with Crippen molar-refractivity contribution >= 4 is 53.7 Å². The first-order valence-electron chi connectivity index (χ1n) is 0.728. The fourth-order valence-corrected chi connectivity index (χ4v) is 0. The zero-order valence-corrected chi connectivity index (χ0v) is 17.6. The normalized spacial score (nSPS) is 4.17. The Morgan fingerprint density at radius 3 is 1.83 bits per heavy atom. The molecule has 0 heterocycles. The monoisotopic (exact) mass is 514 g/mol. The van der Waals surface area contributed by atoms with Gasteiger partial charge in [-0.25, -0.2) is 0 Å². The number of hydrogen-bond acceptors (Lipinski definition) is 1. The number of rotatable bonds is 0. The van der Waals surface area contributed by atoms with E-state index in [1.54, 1.807) is 22.6 Å². The quantitative estimate of drug-likeness (QED) is 0.114. The van der Waals surface area contributed by atoms with Gasteiger partial charge in [-0.05, 0) is 22.6 Å². The van der Waals surface area contributed by atoms with Crippen molar-refractivity contribution in [3.8, 4) is 0 Å². The average molecular weight is 513 g/mol. The maximum atomic E-state index is 6.26. The van der Waals surface area contributed by atoms with Gasteiger partial charge in [-0.1, -0.05) is 0 Å². The van der Waals surface area contributed by atoms with Crippen molar-refractivity contribution in [2.24, 2.45) is 5.73 Å². The van der Waals surface area contributed by atoms with E-state index in [4.69, 9.17) is 5.41 Å². The van der Waals surface area contributed by atoms with Crippen LogP contribution in [0.3, 0.4) is 0 Å². The van der Waals surface area contributed by atoms with Crippen molar-refractivity contribution in [3.63, 3.8) is 0 Å². The molecule has 6 heavy (non-hydrogen) atoms. The van der Waals surface area contributed by atoms with E-state index in [-0.39, 0.29) is 101 Å². The topological polar surface area (TPSA) is 49.9 Å². The fourth-order valence-electron chi connectivity index (χ4n) is 0. The first-order valence-corrected chi connectivity index (χ1v) is 1.81. The van der Waals surface area contributed by atoms with Crippen molar-refractivity contribution in [3.05, 3.63) is 0 Å². The van der Waals surface area contributed by atoms with Gasteiger partial charge in [0.1, 0.15) is 0 Å². The Morgan fingerprint density at radius 2 is 1.83 bits per heavy atom. The van der Waals surface area contributed by atoms with Crippen LogP contribution >= 0.6 is 22.6 Å². The van der Waals surface area contributed by atoms with Crippen molar-refractivity contribution in [1.82, 2.24) is 0 Å². The molecule has 0 unspecified atom stereocenters. The second-order valence-corrected chi connectivity index (χ2v) is 1.51. The first kappa shape index (κ1) is 16.1. The predicted molar refractivity (Wildman–Crippen MR) is 35.6 cm³/mol. The molecule has 0 aliphatic heterocycles. The van der Waals surface area contributed by atoms with Gasteiger partial charge in [0.05, 0.1) is 0 Å². The molecule has 0 saturated carbocycles. The molecule has 0 spiro atoms. The summed E-state index contributed by atoms with van der Waals surface area (Å²) < 4.78 is 0.137. The Balaban J connectivity index is -0.0000000150. The summed E-state index contributed by atoms with van der Waals surface area (Å²) in [6.45, 7) is 0. The van der Waals surface area contributed by atoms with E-state index < -0.39 is 0 Å². The summed E-state index contributed by atoms with van der Waals surface area (Å²) in [6, 6.07) is 0. The average Bonchev–Trinajstić information content (AvgIpc) is 0.811. The van der Waals surface area contributed by atoms with Gasteiger partial charge in [0.2, 0.25) is 0 Å². The Hall–Kier alpha value is 3.17. The number of amidine groups is 1. The van der Waals surface area contributed by atoms with Crippen LogP contribution in [0.25, 0.3) is 0 Å². The van der Waals surface area contributed by atoms with E-state index in [1.165, 1.54) is 0 Å². The van der Waals surface area contributed by atoms with Crippen LogP contribution < -0.4 is 74.6 Å². The van der Waals surface area contributed by atoms with E-state index >= 15 is 0 Å². The zero-order chi connectivity index (χ0) is 3.58. The molecule has 0 aromatic carbocycles. The minimum absolute atomic E-state index is 0. The number of hydrogen-bond donors (Lipinski definition) is 2. The van der Waals surface area contributed by atoms with Crippen LogP contribution in [0.15, 0.2) is 0 Å². The second kappa shape index (κ2) is 11.0. The van der Waals surface area contributed by atoms with Crippen LogP contribution in [0.5, 0.6) is 0 Å². The van der Waals surface area contributed by atoms with Crippen molar-refractivity contribution in [1.29, 1.82) is 5.41 Å². The molecule has 0 fully saturated rings. The summed E-state index contributed by atoms with van der Waals surface area (Å²) >= 11 is 1.70. The van der Waals surface area contributed by atoms with Crippen LogP contribution in [0.1, 0.15) is 1.43 Å². The Kier molecular flexibility index (Phi) is 29.6. The molecule has 0 bridgehead atoms. The SMILES string of the molecule is N=C(N)I.[Cs+].[H-].[PbH2]. The Bertz CT molecular complexity index is 40.7. The van der Waals surface area contributed by atoms with Crippen molar-refractivity contribution in [2.75, 3.05) is 0 Å². The number of nitrogens with one attached hydrogen (secondary N) is 1. The van der Waals surface area contributed by atoms with E-state index in [1.807, 2.05) is 0 Å². The summed E-state index contributed by atoms with van der Waals surface area (Å²) in [6.07, 6.45) is 0. The molecule has 0 aliphatic carbocycles. The molecule has 2 nitrogen and oxygen atoms in total. The second-order valence-electron chi connectivity index (χ2n) is 0.348. The molecule has 2 radical (unpaired) electrons. The van der Waals surface area contributed by atoms with Gasteiger partial charge in [-0.3, -0.25) is 5.41 Å². The van der Waals surface area contributed by atoms with E-state index in [0.717, 1.165) is 0 Å². The molecule has 0 amide bonds. The minimum atomic E-state index is 0. The van der Waals surface area contributed by atoms with Crippen molar-refractivity contribution in [2.45, 2.75) is 0 Å². The molecule has 0 aromatic heterocycles. The number of halogens is 1. The molecule has 0 saturated heterocycles. The van der Waals surface area contributed by atoms with Crippen LogP contribution in [-0.2, 0) is 0 Å². The van der Waals surface area contributed by atoms with E-state index in [0.29, 0.717) is 0 Å². The van der Waals surface area contributed by atoms with E-state index in [2.05, 4.69) is 5.73 Å². The first-order chi connectivity index (χ1) is 1.73. The molecular formula is CH6CsIN2Pb. The van der Waals surface area contributed by atoms with Crippen LogP contribution in [0.2, 0.25) is 0 Å². The van der Waals surface area contributed by atoms with Gasteiger partial charge in [-0.15, -0.1) is 0 Å². The maximum absolute atomic E-state index is 6.26. The van der Waals surface area contributed by atoms with Gasteiger partial charge in [0, 0.05) is 0 Å². The Labute approximate surface area is 131 Å². The molecule has 5 heteroatoms. The number of nitrogens with two attached hydrogens (primary N) is 1. The molecule has 0 rings (SSSR count). The van der Waals surface area contributed by atoms with Gasteiger partial charge in [-0.2, -0.15) is 0 Å². The third-order valence-corrected chi connectivity index (χ3v) is 0. The van der Waals surface area contributed by atoms with Gasteiger partial charge >= 0.3 is 96.2 Å². The molecule has 0 atom stereocenters. The predicted octanol–water partition coefficient (Wildman–Crippen LogP) is -3.48. The standard InChI is InChI=1S/CH3IN2.Cs.Pb.3H/c2-1(3)4;;;;;/h(H3,3,4);;;;;/q;+1;;;;-1. The Morgan fingerprint density at radius 1 is 1.83 bits per heavy atom. The zero-order valence-electron chi connectivity index (χ0n) is 4.66. The molecule has 3 N–H and O–H groups in total. The van der Waals surface area contributed by atoms with Gasteiger partial charge < -0.3 is 7.16 Å². The summed E-state index contributed by atoms with van der Waals surface area (Å²) in [5.74, 6) is 0. The summed E-state index contributed by atoms with van der Waals surface area (Å²) in [5.41, 5.74) is 4.68. The van der Waals surface area contributed by atoms with Crippen molar-refractivity contribution < 1.29 is 70.3 Å². The van der Waals surface area contributed by atoms with Crippen LogP contribution in [0, 0.1) is 5.41 Å².